The number of carbonyl (C=O) groups excluding carboxylic acids is 1. The van der Waals surface area contributed by atoms with Crippen molar-refractivity contribution in [2.45, 2.75) is 38.3 Å². The van der Waals surface area contributed by atoms with E-state index in [0.29, 0.717) is 12.5 Å². The fourth-order valence-corrected chi connectivity index (χ4v) is 3.08. The lowest BCUT2D eigenvalue weighted by atomic mass is 10.0. The first-order valence-corrected chi connectivity index (χ1v) is 8.15. The van der Waals surface area contributed by atoms with E-state index in [1.807, 2.05) is 7.05 Å². The summed E-state index contributed by atoms with van der Waals surface area (Å²) in [6.45, 7) is 2.90. The molecule has 0 spiro atoms. The van der Waals surface area contributed by atoms with Crippen molar-refractivity contribution in [1.29, 1.82) is 0 Å². The SMILES string of the molecule is CNCCC(=O)N(C1CC1)C(C)c1ccc2ccccc2c1.Cl. The van der Waals surface area contributed by atoms with Gasteiger partial charge >= 0.3 is 0 Å². The van der Waals surface area contributed by atoms with Gasteiger partial charge in [-0.05, 0) is 49.2 Å². The highest BCUT2D eigenvalue weighted by Crippen LogP contribution is 2.35. The molecular formula is C19H25ClN2O. The van der Waals surface area contributed by atoms with Crippen LogP contribution in [0.3, 0.4) is 0 Å². The summed E-state index contributed by atoms with van der Waals surface area (Å²) < 4.78 is 0. The van der Waals surface area contributed by atoms with Crippen LogP contribution < -0.4 is 5.32 Å². The first-order chi connectivity index (χ1) is 10.7. The zero-order chi connectivity index (χ0) is 15.5. The first-order valence-electron chi connectivity index (χ1n) is 8.15. The van der Waals surface area contributed by atoms with Gasteiger partial charge in [0.2, 0.25) is 5.91 Å². The lowest BCUT2D eigenvalue weighted by Crippen LogP contribution is -2.36. The lowest BCUT2D eigenvalue weighted by Gasteiger charge is -2.30. The van der Waals surface area contributed by atoms with Gasteiger partial charge in [0.05, 0.1) is 6.04 Å². The summed E-state index contributed by atoms with van der Waals surface area (Å²) in [5.41, 5.74) is 1.23. The summed E-state index contributed by atoms with van der Waals surface area (Å²) >= 11 is 0. The molecule has 4 heteroatoms. The first kappa shape index (κ1) is 17.8. The fourth-order valence-electron chi connectivity index (χ4n) is 3.08. The molecule has 0 saturated heterocycles. The highest BCUT2D eigenvalue weighted by Gasteiger charge is 2.35. The van der Waals surface area contributed by atoms with Crippen molar-refractivity contribution in [2.75, 3.05) is 13.6 Å². The Morgan fingerprint density at radius 3 is 2.57 bits per heavy atom. The van der Waals surface area contributed by atoms with Crippen molar-refractivity contribution in [3.8, 4) is 0 Å². The maximum Gasteiger partial charge on any atom is 0.224 e. The van der Waals surface area contributed by atoms with Crippen molar-refractivity contribution < 1.29 is 4.79 Å². The number of amides is 1. The summed E-state index contributed by atoms with van der Waals surface area (Å²) in [4.78, 5) is 14.6. The number of carbonyl (C=O) groups is 1. The standard InChI is InChI=1S/C19H24N2O.ClH/c1-14(21(18-9-10-18)19(22)11-12-20-2)16-8-7-15-5-3-4-6-17(15)13-16;/h3-8,13-14,18,20H,9-12H2,1-2H3;1H. The topological polar surface area (TPSA) is 32.3 Å². The second-order valence-electron chi connectivity index (χ2n) is 6.17. The van der Waals surface area contributed by atoms with E-state index < -0.39 is 0 Å². The summed E-state index contributed by atoms with van der Waals surface area (Å²) in [7, 11) is 1.89. The Labute approximate surface area is 144 Å². The van der Waals surface area contributed by atoms with Gasteiger partial charge in [-0.3, -0.25) is 4.79 Å². The normalized spacial score (nSPS) is 15.0. The molecule has 1 aliphatic rings. The number of rotatable bonds is 6. The third-order valence-electron chi connectivity index (χ3n) is 4.49. The minimum atomic E-state index is 0. The van der Waals surface area contributed by atoms with E-state index >= 15 is 0 Å². The highest BCUT2D eigenvalue weighted by molar-refractivity contribution is 5.85. The van der Waals surface area contributed by atoms with E-state index in [2.05, 4.69) is 59.6 Å². The molecule has 124 valence electrons. The van der Waals surface area contributed by atoms with Crippen LogP contribution in [0.2, 0.25) is 0 Å². The molecule has 1 aliphatic carbocycles. The van der Waals surface area contributed by atoms with Gasteiger partial charge in [-0.25, -0.2) is 0 Å². The molecule has 3 nitrogen and oxygen atoms in total. The Hall–Kier alpha value is -1.58. The summed E-state index contributed by atoms with van der Waals surface area (Å²) in [5, 5.41) is 5.56. The van der Waals surface area contributed by atoms with Gasteiger partial charge in [-0.2, -0.15) is 0 Å². The number of benzene rings is 2. The number of hydrogen-bond donors (Lipinski definition) is 1. The molecule has 1 fully saturated rings. The van der Waals surface area contributed by atoms with Gasteiger partial charge in [0.25, 0.3) is 0 Å². The minimum absolute atomic E-state index is 0. The lowest BCUT2D eigenvalue weighted by molar-refractivity contribution is -0.133. The molecule has 1 unspecified atom stereocenters. The maximum atomic E-state index is 12.5. The zero-order valence-corrected chi connectivity index (χ0v) is 14.6. The molecule has 0 bridgehead atoms. The van der Waals surface area contributed by atoms with E-state index in [9.17, 15) is 4.79 Å². The molecule has 2 aromatic carbocycles. The van der Waals surface area contributed by atoms with Gasteiger partial charge < -0.3 is 10.2 Å². The van der Waals surface area contributed by atoms with Crippen LogP contribution in [0.1, 0.15) is 37.8 Å². The van der Waals surface area contributed by atoms with Crippen LogP contribution in [0.5, 0.6) is 0 Å². The molecule has 0 aliphatic heterocycles. The van der Waals surface area contributed by atoms with Crippen molar-refractivity contribution >= 4 is 29.1 Å². The average Bonchev–Trinajstić information content (AvgIpc) is 3.37. The van der Waals surface area contributed by atoms with Crippen molar-refractivity contribution in [1.82, 2.24) is 10.2 Å². The third-order valence-corrected chi connectivity index (χ3v) is 4.49. The van der Waals surface area contributed by atoms with E-state index in [-0.39, 0.29) is 24.4 Å². The summed E-state index contributed by atoms with van der Waals surface area (Å²) in [6, 6.07) is 15.5. The molecule has 23 heavy (non-hydrogen) atoms. The molecule has 0 aromatic heterocycles. The second-order valence-corrected chi connectivity index (χ2v) is 6.17. The van der Waals surface area contributed by atoms with Crippen LogP contribution >= 0.6 is 12.4 Å². The van der Waals surface area contributed by atoms with Gasteiger partial charge in [0.15, 0.2) is 0 Å². The van der Waals surface area contributed by atoms with Crippen LogP contribution in [0.15, 0.2) is 42.5 Å². The fraction of sp³-hybridized carbons (Fsp3) is 0.421. The largest absolute Gasteiger partial charge is 0.333 e. The maximum absolute atomic E-state index is 12.5. The van der Waals surface area contributed by atoms with Crippen LogP contribution in [-0.4, -0.2) is 30.4 Å². The van der Waals surface area contributed by atoms with Crippen molar-refractivity contribution in [3.05, 3.63) is 48.0 Å². The second kappa shape index (κ2) is 7.80. The summed E-state index contributed by atoms with van der Waals surface area (Å²) in [5.74, 6) is 0.262. The van der Waals surface area contributed by atoms with Crippen molar-refractivity contribution in [3.63, 3.8) is 0 Å². The minimum Gasteiger partial charge on any atom is -0.333 e. The Kier molecular flexibility index (Phi) is 6.03. The average molecular weight is 333 g/mol. The molecule has 3 rings (SSSR count). The van der Waals surface area contributed by atoms with Crippen LogP contribution in [0.25, 0.3) is 10.8 Å². The molecule has 1 amide bonds. The molecule has 2 aromatic rings. The van der Waals surface area contributed by atoms with E-state index in [4.69, 9.17) is 0 Å². The number of fused-ring (bicyclic) bond motifs is 1. The van der Waals surface area contributed by atoms with Gasteiger partial charge in [0.1, 0.15) is 0 Å². The van der Waals surface area contributed by atoms with Crippen LogP contribution in [-0.2, 0) is 4.79 Å². The van der Waals surface area contributed by atoms with E-state index in [1.165, 1.54) is 16.3 Å². The predicted octanol–water partition coefficient (Wildman–Crippen LogP) is 3.92. The number of hydrogen-bond acceptors (Lipinski definition) is 2. The van der Waals surface area contributed by atoms with Crippen LogP contribution in [0.4, 0.5) is 0 Å². The Morgan fingerprint density at radius 1 is 1.22 bits per heavy atom. The number of halogens is 1. The highest BCUT2D eigenvalue weighted by atomic mass is 35.5. The third kappa shape index (κ3) is 4.04. The van der Waals surface area contributed by atoms with Gasteiger partial charge in [-0.15, -0.1) is 12.4 Å². The number of nitrogens with one attached hydrogen (secondary N) is 1. The smallest absolute Gasteiger partial charge is 0.224 e. The molecule has 0 radical (unpaired) electrons. The van der Waals surface area contributed by atoms with E-state index in [1.54, 1.807) is 0 Å². The summed E-state index contributed by atoms with van der Waals surface area (Å²) in [6.07, 6.45) is 2.86. The Morgan fingerprint density at radius 2 is 1.91 bits per heavy atom. The Bertz CT molecular complexity index is 669. The monoisotopic (exact) mass is 332 g/mol. The van der Waals surface area contributed by atoms with Gasteiger partial charge in [-0.1, -0.05) is 36.4 Å². The molecular weight excluding hydrogens is 308 g/mol. The quantitative estimate of drug-likeness (QED) is 0.869. The van der Waals surface area contributed by atoms with Gasteiger partial charge in [0, 0.05) is 19.0 Å². The molecule has 1 N–H and O–H groups in total. The number of nitrogens with zero attached hydrogens (tertiary/aromatic N) is 1. The van der Waals surface area contributed by atoms with Crippen LogP contribution in [0, 0.1) is 0 Å². The molecule has 0 heterocycles. The predicted molar refractivity (Wildman–Crippen MR) is 98.0 cm³/mol. The molecule has 1 atom stereocenters. The van der Waals surface area contributed by atoms with E-state index in [0.717, 1.165) is 19.4 Å². The van der Waals surface area contributed by atoms with Crippen molar-refractivity contribution in [2.24, 2.45) is 0 Å². The molecule has 1 saturated carbocycles. The Balaban J connectivity index is 0.00000192. The zero-order valence-electron chi connectivity index (χ0n) is 13.8.